The van der Waals surface area contributed by atoms with E-state index in [1.165, 1.54) is 12.1 Å². The fourth-order valence-corrected chi connectivity index (χ4v) is 2.24. The monoisotopic (exact) mass is 267 g/mol. The lowest BCUT2D eigenvalue weighted by Gasteiger charge is -2.16. The lowest BCUT2D eigenvalue weighted by Crippen LogP contribution is -2.19. The Balaban J connectivity index is 2.26. The molecule has 0 spiro atoms. The van der Waals surface area contributed by atoms with Crippen molar-refractivity contribution in [2.45, 2.75) is 19.4 Å². The zero-order chi connectivity index (χ0) is 13.1. The summed E-state index contributed by atoms with van der Waals surface area (Å²) in [5, 5.41) is 3.78. The second kappa shape index (κ2) is 5.55. The van der Waals surface area contributed by atoms with Crippen LogP contribution in [0.3, 0.4) is 0 Å². The van der Waals surface area contributed by atoms with Gasteiger partial charge in [0.05, 0.1) is 6.26 Å². The molecule has 0 aliphatic heterocycles. The van der Waals surface area contributed by atoms with Gasteiger partial charge in [-0.1, -0.05) is 11.6 Å². The Morgan fingerprint density at radius 1 is 1.39 bits per heavy atom. The first-order chi connectivity index (χ1) is 8.61. The van der Waals surface area contributed by atoms with Crippen LogP contribution in [0.4, 0.5) is 4.39 Å². The number of benzene rings is 1. The van der Waals surface area contributed by atoms with Crippen molar-refractivity contribution in [3.63, 3.8) is 0 Å². The van der Waals surface area contributed by atoms with Gasteiger partial charge in [0.15, 0.2) is 0 Å². The maximum atomic E-state index is 13.2. The Labute approximate surface area is 111 Å². The van der Waals surface area contributed by atoms with Crippen molar-refractivity contribution >= 4 is 11.6 Å². The van der Waals surface area contributed by atoms with Gasteiger partial charge in [0, 0.05) is 16.6 Å². The van der Waals surface area contributed by atoms with Crippen molar-refractivity contribution in [3.05, 3.63) is 58.3 Å². The minimum atomic E-state index is -0.270. The summed E-state index contributed by atoms with van der Waals surface area (Å²) in [5.41, 5.74) is 1.86. The molecule has 0 aliphatic rings. The summed E-state index contributed by atoms with van der Waals surface area (Å²) in [5.74, 6) is 0.593. The number of aryl methyl sites for hydroxylation is 1. The molecule has 1 heterocycles. The summed E-state index contributed by atoms with van der Waals surface area (Å²) in [6, 6.07) is 6.40. The highest BCUT2D eigenvalue weighted by Gasteiger charge is 2.16. The van der Waals surface area contributed by atoms with Crippen molar-refractivity contribution in [2.24, 2.45) is 0 Å². The normalized spacial score (nSPS) is 12.7. The highest BCUT2D eigenvalue weighted by molar-refractivity contribution is 6.31. The Bertz CT molecular complexity index is 538. The van der Waals surface area contributed by atoms with Gasteiger partial charge in [-0.15, -0.1) is 0 Å². The topological polar surface area (TPSA) is 25.2 Å². The van der Waals surface area contributed by atoms with Gasteiger partial charge >= 0.3 is 0 Å². The fraction of sp³-hybridized carbons (Fsp3) is 0.286. The van der Waals surface area contributed by atoms with Crippen LogP contribution in [-0.4, -0.2) is 7.05 Å². The van der Waals surface area contributed by atoms with Crippen LogP contribution < -0.4 is 5.32 Å². The number of nitrogens with one attached hydrogen (secondary N) is 1. The molecular formula is C14H15ClFNO. The fourth-order valence-electron chi connectivity index (χ4n) is 2.04. The molecule has 4 heteroatoms. The molecule has 96 valence electrons. The van der Waals surface area contributed by atoms with Gasteiger partial charge in [-0.05, 0) is 50.2 Å². The van der Waals surface area contributed by atoms with Crippen LogP contribution in [0.1, 0.15) is 22.9 Å². The molecule has 1 atom stereocenters. The van der Waals surface area contributed by atoms with Gasteiger partial charge in [-0.2, -0.15) is 0 Å². The third-order valence-corrected chi connectivity index (χ3v) is 3.42. The van der Waals surface area contributed by atoms with E-state index >= 15 is 0 Å². The van der Waals surface area contributed by atoms with Gasteiger partial charge in [0.25, 0.3) is 0 Å². The predicted octanol–water partition coefficient (Wildman–Crippen LogP) is 3.88. The number of halogens is 2. The van der Waals surface area contributed by atoms with Crippen LogP contribution in [-0.2, 0) is 6.42 Å². The van der Waals surface area contributed by atoms with E-state index in [9.17, 15) is 4.39 Å². The molecule has 0 saturated heterocycles. The number of hydrogen-bond donors (Lipinski definition) is 1. The first kappa shape index (κ1) is 13.1. The number of hydrogen-bond acceptors (Lipinski definition) is 2. The van der Waals surface area contributed by atoms with E-state index in [-0.39, 0.29) is 11.9 Å². The lowest BCUT2D eigenvalue weighted by molar-refractivity contribution is 0.511. The molecule has 0 saturated carbocycles. The minimum absolute atomic E-state index is 0.0584. The van der Waals surface area contributed by atoms with Crippen LogP contribution in [0, 0.1) is 12.7 Å². The van der Waals surface area contributed by atoms with Crippen molar-refractivity contribution < 1.29 is 8.81 Å². The van der Waals surface area contributed by atoms with Crippen LogP contribution >= 0.6 is 11.6 Å². The Hall–Kier alpha value is -1.32. The highest BCUT2D eigenvalue weighted by atomic mass is 35.5. The zero-order valence-corrected chi connectivity index (χ0v) is 11.1. The third-order valence-electron chi connectivity index (χ3n) is 3.05. The van der Waals surface area contributed by atoms with Gasteiger partial charge < -0.3 is 9.73 Å². The first-order valence-corrected chi connectivity index (χ1v) is 6.14. The maximum absolute atomic E-state index is 13.2. The van der Waals surface area contributed by atoms with Crippen LogP contribution in [0.15, 0.2) is 34.9 Å². The van der Waals surface area contributed by atoms with Gasteiger partial charge in [0.1, 0.15) is 11.6 Å². The van der Waals surface area contributed by atoms with Crippen molar-refractivity contribution in [1.29, 1.82) is 0 Å². The predicted molar refractivity (Wildman–Crippen MR) is 70.4 cm³/mol. The number of rotatable bonds is 4. The molecular weight excluding hydrogens is 253 g/mol. The second-order valence-electron chi connectivity index (χ2n) is 4.21. The van der Waals surface area contributed by atoms with E-state index < -0.39 is 0 Å². The molecule has 0 radical (unpaired) electrons. The van der Waals surface area contributed by atoms with Gasteiger partial charge in [0.2, 0.25) is 0 Å². The summed E-state index contributed by atoms with van der Waals surface area (Å²) in [6.07, 6.45) is 2.27. The van der Waals surface area contributed by atoms with E-state index in [1.807, 2.05) is 20.0 Å². The standard InChI is InChI=1S/C14H15ClFNO/c1-9-12(5-6-18-9)14(17-2)8-10-7-11(16)3-4-13(10)15/h3-7,14,17H,8H2,1-2H3. The lowest BCUT2D eigenvalue weighted by atomic mass is 9.99. The molecule has 2 nitrogen and oxygen atoms in total. The van der Waals surface area contributed by atoms with Crippen molar-refractivity contribution in [1.82, 2.24) is 5.32 Å². The molecule has 1 aromatic heterocycles. The van der Waals surface area contributed by atoms with Crippen LogP contribution in [0.5, 0.6) is 0 Å². The average Bonchev–Trinajstić information content (AvgIpc) is 2.77. The molecule has 18 heavy (non-hydrogen) atoms. The summed E-state index contributed by atoms with van der Waals surface area (Å²) in [7, 11) is 1.87. The summed E-state index contributed by atoms with van der Waals surface area (Å²) in [6.45, 7) is 1.91. The third kappa shape index (κ3) is 2.74. The Morgan fingerprint density at radius 2 is 2.17 bits per heavy atom. The molecule has 0 fully saturated rings. The quantitative estimate of drug-likeness (QED) is 0.909. The number of likely N-dealkylation sites (N-methyl/N-ethyl adjacent to an activating group) is 1. The molecule has 1 unspecified atom stereocenters. The van der Waals surface area contributed by atoms with E-state index in [4.69, 9.17) is 16.0 Å². The number of furan rings is 1. The van der Waals surface area contributed by atoms with Crippen molar-refractivity contribution in [3.8, 4) is 0 Å². The van der Waals surface area contributed by atoms with E-state index in [0.29, 0.717) is 11.4 Å². The van der Waals surface area contributed by atoms with Gasteiger partial charge in [-0.3, -0.25) is 0 Å². The smallest absolute Gasteiger partial charge is 0.123 e. The molecule has 0 aliphatic carbocycles. The minimum Gasteiger partial charge on any atom is -0.469 e. The molecule has 0 amide bonds. The van der Waals surface area contributed by atoms with Crippen LogP contribution in [0.25, 0.3) is 0 Å². The summed E-state index contributed by atoms with van der Waals surface area (Å²) < 4.78 is 18.5. The van der Waals surface area contributed by atoms with Crippen molar-refractivity contribution in [2.75, 3.05) is 7.05 Å². The Morgan fingerprint density at radius 3 is 2.78 bits per heavy atom. The zero-order valence-electron chi connectivity index (χ0n) is 10.3. The SMILES string of the molecule is CNC(Cc1cc(F)ccc1Cl)c1ccoc1C. The maximum Gasteiger partial charge on any atom is 0.123 e. The summed E-state index contributed by atoms with van der Waals surface area (Å²) >= 11 is 6.08. The molecule has 2 aromatic rings. The molecule has 0 bridgehead atoms. The highest BCUT2D eigenvalue weighted by Crippen LogP contribution is 2.26. The second-order valence-corrected chi connectivity index (χ2v) is 4.62. The molecule has 1 aromatic carbocycles. The van der Waals surface area contributed by atoms with Crippen LogP contribution in [0.2, 0.25) is 5.02 Å². The Kier molecular flexibility index (Phi) is 4.04. The largest absolute Gasteiger partial charge is 0.469 e. The van der Waals surface area contributed by atoms with Gasteiger partial charge in [-0.25, -0.2) is 4.39 Å². The van der Waals surface area contributed by atoms with E-state index in [0.717, 1.165) is 16.9 Å². The van der Waals surface area contributed by atoms with E-state index in [1.54, 1.807) is 12.3 Å². The average molecular weight is 268 g/mol. The first-order valence-electron chi connectivity index (χ1n) is 5.77. The summed E-state index contributed by atoms with van der Waals surface area (Å²) in [4.78, 5) is 0. The molecule has 2 rings (SSSR count). The van der Waals surface area contributed by atoms with E-state index in [2.05, 4.69) is 5.32 Å². The molecule has 1 N–H and O–H groups in total.